The van der Waals surface area contributed by atoms with E-state index in [0.717, 1.165) is 14.9 Å². The van der Waals surface area contributed by atoms with Crippen LogP contribution in [-0.2, 0) is 0 Å². The average Bonchev–Trinajstić information content (AvgIpc) is 2.66. The summed E-state index contributed by atoms with van der Waals surface area (Å²) in [5.41, 5.74) is 2.26. The van der Waals surface area contributed by atoms with Crippen LogP contribution in [0.2, 0.25) is 5.02 Å². The summed E-state index contributed by atoms with van der Waals surface area (Å²) < 4.78 is 1.05. The van der Waals surface area contributed by atoms with E-state index < -0.39 is 0 Å². The predicted octanol–water partition coefficient (Wildman–Crippen LogP) is 4.58. The molecule has 0 aliphatic rings. The third-order valence-corrected chi connectivity index (χ3v) is 4.72. The zero-order valence-electron chi connectivity index (χ0n) is 13.8. The highest BCUT2D eigenvalue weighted by molar-refractivity contribution is 14.1. The lowest BCUT2D eigenvalue weighted by molar-refractivity contribution is 0.0963. The van der Waals surface area contributed by atoms with Gasteiger partial charge in [0.1, 0.15) is 5.02 Å². The van der Waals surface area contributed by atoms with Crippen LogP contribution in [0.5, 0.6) is 0 Å². The number of benzene rings is 2. The fourth-order valence-corrected chi connectivity index (χ4v) is 2.84. The number of rotatable bonds is 5. The summed E-state index contributed by atoms with van der Waals surface area (Å²) in [6.07, 6.45) is 1.54. The van der Waals surface area contributed by atoms with Gasteiger partial charge in [0.2, 0.25) is 5.95 Å². The first-order valence-corrected chi connectivity index (χ1v) is 9.16. The molecule has 0 atom stereocenters. The summed E-state index contributed by atoms with van der Waals surface area (Å²) in [6, 6.07) is 14.9. The Kier molecular flexibility index (Phi) is 5.89. The molecule has 132 valence electrons. The van der Waals surface area contributed by atoms with Crippen LogP contribution in [0, 0.1) is 3.57 Å². The second-order valence-corrected chi connectivity index (χ2v) is 6.85. The number of carbonyl (C=O) groups excluding carboxylic acids is 1. The molecule has 0 fully saturated rings. The SMILES string of the molecule is CNC(=O)c1ccc(Nc2ncc(Cl)c(Nc3ccccc3I)n2)cc1. The molecule has 0 aliphatic carbocycles. The first kappa shape index (κ1) is 18.4. The Labute approximate surface area is 169 Å². The largest absolute Gasteiger partial charge is 0.355 e. The molecule has 0 saturated carbocycles. The van der Waals surface area contributed by atoms with Crippen molar-refractivity contribution in [3.05, 3.63) is 68.9 Å². The van der Waals surface area contributed by atoms with E-state index in [9.17, 15) is 4.79 Å². The van der Waals surface area contributed by atoms with Gasteiger partial charge in [0, 0.05) is 21.9 Å². The van der Waals surface area contributed by atoms with E-state index in [-0.39, 0.29) is 5.91 Å². The third-order valence-electron chi connectivity index (χ3n) is 3.50. The lowest BCUT2D eigenvalue weighted by atomic mass is 10.2. The Morgan fingerprint density at radius 1 is 1.08 bits per heavy atom. The Balaban J connectivity index is 1.79. The number of nitrogens with one attached hydrogen (secondary N) is 3. The van der Waals surface area contributed by atoms with Crippen molar-refractivity contribution in [3.63, 3.8) is 0 Å². The normalized spacial score (nSPS) is 10.3. The standard InChI is InChI=1S/C18H15ClIN5O/c1-21-17(26)11-6-8-12(9-7-11)23-18-22-10-13(19)16(25-18)24-15-5-3-2-4-14(15)20/h2-10H,1H3,(H,21,26)(H2,22,23,24,25). The quantitative estimate of drug-likeness (QED) is 0.467. The first-order chi connectivity index (χ1) is 12.6. The van der Waals surface area contributed by atoms with Gasteiger partial charge < -0.3 is 16.0 Å². The highest BCUT2D eigenvalue weighted by Gasteiger charge is 2.09. The molecule has 0 aliphatic heterocycles. The highest BCUT2D eigenvalue weighted by atomic mass is 127. The Hall–Kier alpha value is -2.39. The number of nitrogens with zero attached hydrogens (tertiary/aromatic N) is 2. The van der Waals surface area contributed by atoms with Gasteiger partial charge in [-0.2, -0.15) is 4.98 Å². The van der Waals surface area contributed by atoms with Gasteiger partial charge in [-0.15, -0.1) is 0 Å². The van der Waals surface area contributed by atoms with E-state index in [1.165, 1.54) is 6.20 Å². The van der Waals surface area contributed by atoms with Crippen LogP contribution in [-0.4, -0.2) is 22.9 Å². The maximum atomic E-state index is 11.6. The second kappa shape index (κ2) is 8.33. The van der Waals surface area contributed by atoms with Crippen LogP contribution < -0.4 is 16.0 Å². The van der Waals surface area contributed by atoms with E-state index in [0.29, 0.717) is 22.4 Å². The number of hydrogen-bond acceptors (Lipinski definition) is 5. The molecule has 26 heavy (non-hydrogen) atoms. The van der Waals surface area contributed by atoms with Crippen molar-refractivity contribution in [1.29, 1.82) is 0 Å². The summed E-state index contributed by atoms with van der Waals surface area (Å²) >= 11 is 8.45. The predicted molar refractivity (Wildman–Crippen MR) is 113 cm³/mol. The molecule has 1 heterocycles. The number of aromatic nitrogens is 2. The van der Waals surface area contributed by atoms with E-state index in [1.807, 2.05) is 24.3 Å². The van der Waals surface area contributed by atoms with Crippen molar-refractivity contribution < 1.29 is 4.79 Å². The molecule has 3 N–H and O–H groups in total. The van der Waals surface area contributed by atoms with Gasteiger partial charge in [-0.1, -0.05) is 23.7 Å². The molecule has 6 nitrogen and oxygen atoms in total. The number of hydrogen-bond donors (Lipinski definition) is 3. The molecule has 0 radical (unpaired) electrons. The molecule has 0 saturated heterocycles. The first-order valence-electron chi connectivity index (χ1n) is 7.70. The van der Waals surface area contributed by atoms with Gasteiger partial charge in [-0.3, -0.25) is 4.79 Å². The van der Waals surface area contributed by atoms with E-state index in [4.69, 9.17) is 11.6 Å². The van der Waals surface area contributed by atoms with Crippen LogP contribution >= 0.6 is 34.2 Å². The summed E-state index contributed by atoms with van der Waals surface area (Å²) in [7, 11) is 1.60. The van der Waals surface area contributed by atoms with Crippen molar-refractivity contribution in [2.24, 2.45) is 0 Å². The molecule has 0 spiro atoms. The van der Waals surface area contributed by atoms with Crippen LogP contribution in [0.4, 0.5) is 23.1 Å². The number of halogens is 2. The van der Waals surface area contributed by atoms with Crippen LogP contribution in [0.25, 0.3) is 0 Å². The molecule has 2 aromatic carbocycles. The highest BCUT2D eigenvalue weighted by Crippen LogP contribution is 2.27. The van der Waals surface area contributed by atoms with E-state index in [1.54, 1.807) is 31.3 Å². The van der Waals surface area contributed by atoms with E-state index >= 15 is 0 Å². The lowest BCUT2D eigenvalue weighted by Crippen LogP contribution is -2.17. The smallest absolute Gasteiger partial charge is 0.251 e. The Morgan fingerprint density at radius 3 is 2.50 bits per heavy atom. The maximum absolute atomic E-state index is 11.6. The molecule has 3 aromatic rings. The van der Waals surface area contributed by atoms with Crippen molar-refractivity contribution in [2.45, 2.75) is 0 Å². The fraction of sp³-hybridized carbons (Fsp3) is 0.0556. The topological polar surface area (TPSA) is 78.9 Å². The number of anilines is 4. The second-order valence-electron chi connectivity index (χ2n) is 5.28. The molecule has 0 bridgehead atoms. The van der Waals surface area contributed by atoms with Gasteiger partial charge in [-0.05, 0) is 59.0 Å². The number of para-hydroxylation sites is 1. The van der Waals surface area contributed by atoms with Crippen LogP contribution in [0.1, 0.15) is 10.4 Å². The van der Waals surface area contributed by atoms with Gasteiger partial charge in [0.05, 0.1) is 11.9 Å². The summed E-state index contributed by atoms with van der Waals surface area (Å²) in [4.78, 5) is 20.2. The average molecular weight is 480 g/mol. The minimum absolute atomic E-state index is 0.136. The van der Waals surface area contributed by atoms with Crippen molar-refractivity contribution in [2.75, 3.05) is 17.7 Å². The molecular formula is C18H15ClIN5O. The minimum atomic E-state index is -0.136. The molecule has 1 aromatic heterocycles. The summed E-state index contributed by atoms with van der Waals surface area (Å²) in [6.45, 7) is 0. The zero-order valence-corrected chi connectivity index (χ0v) is 16.7. The molecule has 8 heteroatoms. The zero-order chi connectivity index (χ0) is 18.5. The van der Waals surface area contributed by atoms with Crippen LogP contribution in [0.15, 0.2) is 54.7 Å². The van der Waals surface area contributed by atoms with Crippen molar-refractivity contribution in [1.82, 2.24) is 15.3 Å². The number of carbonyl (C=O) groups is 1. The Morgan fingerprint density at radius 2 is 1.81 bits per heavy atom. The lowest BCUT2D eigenvalue weighted by Gasteiger charge is -2.11. The van der Waals surface area contributed by atoms with E-state index in [2.05, 4.69) is 48.5 Å². The molecule has 3 rings (SSSR count). The monoisotopic (exact) mass is 479 g/mol. The van der Waals surface area contributed by atoms with Gasteiger partial charge in [0.15, 0.2) is 5.82 Å². The number of amides is 1. The maximum Gasteiger partial charge on any atom is 0.251 e. The summed E-state index contributed by atoms with van der Waals surface area (Å²) in [5, 5.41) is 9.32. The van der Waals surface area contributed by atoms with Crippen LogP contribution in [0.3, 0.4) is 0 Å². The molecule has 1 amide bonds. The Bertz CT molecular complexity index is 933. The van der Waals surface area contributed by atoms with Gasteiger partial charge in [0.25, 0.3) is 5.91 Å². The van der Waals surface area contributed by atoms with Gasteiger partial charge in [-0.25, -0.2) is 4.98 Å². The summed E-state index contributed by atoms with van der Waals surface area (Å²) in [5.74, 6) is 0.772. The van der Waals surface area contributed by atoms with Gasteiger partial charge >= 0.3 is 0 Å². The van der Waals surface area contributed by atoms with Crippen molar-refractivity contribution in [3.8, 4) is 0 Å². The molecular weight excluding hydrogens is 465 g/mol. The fourth-order valence-electron chi connectivity index (χ4n) is 2.18. The third kappa shape index (κ3) is 4.41. The van der Waals surface area contributed by atoms with Crippen molar-refractivity contribution >= 4 is 63.2 Å². The minimum Gasteiger partial charge on any atom is -0.355 e. The molecule has 0 unspecified atom stereocenters.